The van der Waals surface area contributed by atoms with Crippen molar-refractivity contribution in [2.75, 3.05) is 27.6 Å². The second-order valence-electron chi connectivity index (χ2n) is 8.99. The Morgan fingerprint density at radius 1 is 0.973 bits per heavy atom. The van der Waals surface area contributed by atoms with Crippen LogP contribution in [0.5, 0.6) is 17.2 Å². The fraction of sp³-hybridized carbons (Fsp3) is 0.267. The fourth-order valence-corrected chi connectivity index (χ4v) is 5.04. The van der Waals surface area contributed by atoms with E-state index in [1.807, 2.05) is 35.2 Å². The van der Waals surface area contributed by atoms with Crippen molar-refractivity contribution in [1.29, 1.82) is 0 Å². The number of fused-ring (bicyclic) bond motifs is 1. The standard InChI is InChI=1S/C30H30N2O4S/c1-34-23-8-5-7-20(16-23)28-21(15-19-11-14-24(37-4)17-26(19)31-28)18-32(22-12-13-22)30(33)25-9-6-10-27(35-2)29(25)36-3/h5-11,14-17,22H,12-13,18H2,1-4H3. The first-order valence-electron chi connectivity index (χ1n) is 12.2. The average molecular weight is 515 g/mol. The molecule has 0 saturated heterocycles. The van der Waals surface area contributed by atoms with Crippen LogP contribution in [0.3, 0.4) is 0 Å². The first kappa shape index (κ1) is 25.0. The van der Waals surface area contributed by atoms with Gasteiger partial charge in [-0.2, -0.15) is 0 Å². The van der Waals surface area contributed by atoms with Crippen LogP contribution in [0.25, 0.3) is 22.2 Å². The van der Waals surface area contributed by atoms with Crippen molar-refractivity contribution >= 4 is 28.6 Å². The predicted molar refractivity (Wildman–Crippen MR) is 148 cm³/mol. The van der Waals surface area contributed by atoms with Crippen LogP contribution < -0.4 is 14.2 Å². The van der Waals surface area contributed by atoms with Gasteiger partial charge in [-0.3, -0.25) is 4.79 Å². The number of para-hydroxylation sites is 1. The molecule has 190 valence electrons. The molecule has 37 heavy (non-hydrogen) atoms. The molecule has 0 bridgehead atoms. The Bertz CT molecular complexity index is 1450. The molecular formula is C30H30N2O4S. The Balaban J connectivity index is 1.61. The Labute approximate surface area is 221 Å². The number of hydrogen-bond acceptors (Lipinski definition) is 6. The summed E-state index contributed by atoms with van der Waals surface area (Å²) in [4.78, 5) is 22.1. The van der Waals surface area contributed by atoms with Crippen LogP contribution in [-0.4, -0.2) is 49.4 Å². The average Bonchev–Trinajstić information content (AvgIpc) is 3.79. The molecule has 1 aliphatic carbocycles. The largest absolute Gasteiger partial charge is 0.497 e. The third-order valence-corrected chi connectivity index (χ3v) is 7.39. The van der Waals surface area contributed by atoms with E-state index in [0.717, 1.165) is 51.2 Å². The lowest BCUT2D eigenvalue weighted by molar-refractivity contribution is 0.0726. The van der Waals surface area contributed by atoms with E-state index >= 15 is 0 Å². The number of carbonyl (C=O) groups is 1. The monoisotopic (exact) mass is 514 g/mol. The number of benzene rings is 3. The minimum Gasteiger partial charge on any atom is -0.497 e. The summed E-state index contributed by atoms with van der Waals surface area (Å²) < 4.78 is 16.5. The van der Waals surface area contributed by atoms with Crippen LogP contribution in [0.1, 0.15) is 28.8 Å². The molecule has 1 amide bonds. The summed E-state index contributed by atoms with van der Waals surface area (Å²) in [6.45, 7) is 0.434. The first-order valence-corrected chi connectivity index (χ1v) is 13.4. The number of methoxy groups -OCH3 is 3. The molecule has 4 aromatic rings. The third kappa shape index (κ3) is 5.09. The van der Waals surface area contributed by atoms with Crippen molar-refractivity contribution in [3.8, 4) is 28.5 Å². The molecule has 0 unspecified atom stereocenters. The molecule has 0 radical (unpaired) electrons. The lowest BCUT2D eigenvalue weighted by Crippen LogP contribution is -2.33. The van der Waals surface area contributed by atoms with Crippen molar-refractivity contribution in [2.24, 2.45) is 0 Å². The van der Waals surface area contributed by atoms with E-state index in [4.69, 9.17) is 19.2 Å². The molecule has 3 aromatic carbocycles. The Kier molecular flexibility index (Phi) is 7.24. The molecule has 5 rings (SSSR count). The highest BCUT2D eigenvalue weighted by Gasteiger charge is 2.35. The zero-order chi connectivity index (χ0) is 25.9. The number of amides is 1. The summed E-state index contributed by atoms with van der Waals surface area (Å²) in [7, 11) is 4.80. The number of nitrogens with zero attached hydrogens (tertiary/aromatic N) is 2. The second-order valence-corrected chi connectivity index (χ2v) is 9.87. The Morgan fingerprint density at radius 2 is 1.78 bits per heavy atom. The number of pyridine rings is 1. The van der Waals surface area contributed by atoms with Crippen LogP contribution in [0.15, 0.2) is 71.6 Å². The quantitative estimate of drug-likeness (QED) is 0.239. The molecule has 1 aromatic heterocycles. The highest BCUT2D eigenvalue weighted by atomic mass is 32.2. The highest BCUT2D eigenvalue weighted by Crippen LogP contribution is 2.37. The van der Waals surface area contributed by atoms with Crippen molar-refractivity contribution in [3.63, 3.8) is 0 Å². The topological polar surface area (TPSA) is 60.9 Å². The maximum atomic E-state index is 13.9. The highest BCUT2D eigenvalue weighted by molar-refractivity contribution is 7.98. The number of rotatable bonds is 9. The first-order chi connectivity index (χ1) is 18.1. The van der Waals surface area contributed by atoms with Gasteiger partial charge in [0.25, 0.3) is 5.91 Å². The molecular weight excluding hydrogens is 484 g/mol. The molecule has 0 aliphatic heterocycles. The van der Waals surface area contributed by atoms with Gasteiger partial charge in [0.05, 0.1) is 38.1 Å². The van der Waals surface area contributed by atoms with Crippen LogP contribution in [0.2, 0.25) is 0 Å². The minimum atomic E-state index is -0.0762. The summed E-state index contributed by atoms with van der Waals surface area (Å²) in [6.07, 6.45) is 4.01. The summed E-state index contributed by atoms with van der Waals surface area (Å²) in [5, 5.41) is 1.04. The lowest BCUT2D eigenvalue weighted by atomic mass is 10.0. The van der Waals surface area contributed by atoms with E-state index in [-0.39, 0.29) is 11.9 Å². The van der Waals surface area contributed by atoms with Gasteiger partial charge in [0.2, 0.25) is 0 Å². The minimum absolute atomic E-state index is 0.0762. The molecule has 1 heterocycles. The number of thioether (sulfide) groups is 1. The van der Waals surface area contributed by atoms with Crippen molar-refractivity contribution < 1.29 is 19.0 Å². The molecule has 1 saturated carbocycles. The second kappa shape index (κ2) is 10.7. The van der Waals surface area contributed by atoms with E-state index in [2.05, 4.69) is 30.5 Å². The molecule has 1 aliphatic rings. The van der Waals surface area contributed by atoms with Crippen LogP contribution >= 0.6 is 11.8 Å². The van der Waals surface area contributed by atoms with Crippen molar-refractivity contribution in [2.45, 2.75) is 30.3 Å². The van der Waals surface area contributed by atoms with Gasteiger partial charge in [-0.15, -0.1) is 11.8 Å². The van der Waals surface area contributed by atoms with Gasteiger partial charge in [-0.05, 0) is 67.1 Å². The van der Waals surface area contributed by atoms with Crippen LogP contribution in [-0.2, 0) is 6.54 Å². The zero-order valence-corrected chi connectivity index (χ0v) is 22.3. The van der Waals surface area contributed by atoms with Gasteiger partial charge in [-0.25, -0.2) is 4.98 Å². The molecule has 7 heteroatoms. The maximum absolute atomic E-state index is 13.9. The maximum Gasteiger partial charge on any atom is 0.258 e. The molecule has 0 spiro atoms. The Morgan fingerprint density at radius 3 is 2.49 bits per heavy atom. The van der Waals surface area contributed by atoms with E-state index in [0.29, 0.717) is 23.6 Å². The van der Waals surface area contributed by atoms with E-state index in [1.54, 1.807) is 45.2 Å². The van der Waals surface area contributed by atoms with E-state index < -0.39 is 0 Å². The van der Waals surface area contributed by atoms with Crippen LogP contribution in [0, 0.1) is 0 Å². The fourth-order valence-electron chi connectivity index (χ4n) is 4.61. The number of ether oxygens (including phenoxy) is 3. The van der Waals surface area contributed by atoms with Crippen LogP contribution in [0.4, 0.5) is 0 Å². The van der Waals surface area contributed by atoms with Gasteiger partial charge in [0.15, 0.2) is 11.5 Å². The van der Waals surface area contributed by atoms with Gasteiger partial charge in [0, 0.05) is 28.4 Å². The molecule has 6 nitrogen and oxygen atoms in total. The summed E-state index contributed by atoms with van der Waals surface area (Å²) in [6, 6.07) is 22.0. The van der Waals surface area contributed by atoms with E-state index in [9.17, 15) is 4.79 Å². The van der Waals surface area contributed by atoms with Crippen molar-refractivity contribution in [3.05, 3.63) is 77.9 Å². The van der Waals surface area contributed by atoms with E-state index in [1.165, 1.54) is 0 Å². The van der Waals surface area contributed by atoms with Gasteiger partial charge >= 0.3 is 0 Å². The van der Waals surface area contributed by atoms with Crippen molar-refractivity contribution in [1.82, 2.24) is 9.88 Å². The molecule has 0 atom stereocenters. The number of carbonyl (C=O) groups excluding carboxylic acids is 1. The zero-order valence-electron chi connectivity index (χ0n) is 21.5. The normalized spacial score (nSPS) is 12.9. The molecule has 1 fully saturated rings. The SMILES string of the molecule is COc1cccc(-c2nc3cc(SC)ccc3cc2CN(C(=O)c2cccc(OC)c2OC)C2CC2)c1. The summed E-state index contributed by atoms with van der Waals surface area (Å²) in [5.74, 6) is 1.68. The number of hydrogen-bond donors (Lipinski definition) is 0. The van der Waals surface area contributed by atoms with Gasteiger partial charge in [-0.1, -0.05) is 24.3 Å². The lowest BCUT2D eigenvalue weighted by Gasteiger charge is -2.25. The van der Waals surface area contributed by atoms with Gasteiger partial charge in [0.1, 0.15) is 5.75 Å². The smallest absolute Gasteiger partial charge is 0.258 e. The predicted octanol–water partition coefficient (Wildman–Crippen LogP) is 6.45. The Hall–Kier alpha value is -3.71. The summed E-state index contributed by atoms with van der Waals surface area (Å²) >= 11 is 1.69. The summed E-state index contributed by atoms with van der Waals surface area (Å²) in [5.41, 5.74) is 4.20. The number of aromatic nitrogens is 1. The van der Waals surface area contributed by atoms with Gasteiger partial charge < -0.3 is 19.1 Å². The third-order valence-electron chi connectivity index (χ3n) is 6.67. The molecule has 0 N–H and O–H groups in total.